The SMILES string of the molecule is NC(=S)c1cc(F)ccc1Oc1ccccc1Cl. The van der Waals surface area contributed by atoms with Crippen molar-refractivity contribution in [2.75, 3.05) is 0 Å². The Morgan fingerprint density at radius 2 is 1.89 bits per heavy atom. The molecule has 2 rings (SSSR count). The zero-order valence-electron chi connectivity index (χ0n) is 9.19. The van der Waals surface area contributed by atoms with Gasteiger partial charge in [0.2, 0.25) is 0 Å². The monoisotopic (exact) mass is 281 g/mol. The average Bonchev–Trinajstić information content (AvgIpc) is 2.34. The third kappa shape index (κ3) is 2.78. The summed E-state index contributed by atoms with van der Waals surface area (Å²) in [5.41, 5.74) is 5.86. The number of hydrogen-bond donors (Lipinski definition) is 1. The molecule has 0 atom stereocenters. The van der Waals surface area contributed by atoms with Crippen molar-refractivity contribution in [1.29, 1.82) is 0 Å². The highest BCUT2D eigenvalue weighted by Gasteiger charge is 2.10. The summed E-state index contributed by atoms with van der Waals surface area (Å²) in [5, 5.41) is 0.454. The van der Waals surface area contributed by atoms with Gasteiger partial charge in [0, 0.05) is 0 Å². The molecule has 92 valence electrons. The van der Waals surface area contributed by atoms with Crippen LogP contribution in [0.4, 0.5) is 4.39 Å². The number of nitrogens with two attached hydrogens (primary N) is 1. The van der Waals surface area contributed by atoms with E-state index in [2.05, 4.69) is 0 Å². The first-order valence-electron chi connectivity index (χ1n) is 5.09. The van der Waals surface area contributed by atoms with Gasteiger partial charge in [-0.05, 0) is 30.3 Å². The molecule has 2 aromatic rings. The first kappa shape index (κ1) is 12.8. The highest BCUT2D eigenvalue weighted by Crippen LogP contribution is 2.31. The molecule has 2 nitrogen and oxygen atoms in total. The Hall–Kier alpha value is -1.65. The number of benzene rings is 2. The molecule has 0 spiro atoms. The minimum atomic E-state index is -0.427. The fourth-order valence-electron chi connectivity index (χ4n) is 1.43. The van der Waals surface area contributed by atoms with Gasteiger partial charge >= 0.3 is 0 Å². The summed E-state index contributed by atoms with van der Waals surface area (Å²) in [6, 6.07) is 10.9. The van der Waals surface area contributed by atoms with Gasteiger partial charge in [0.05, 0.1) is 10.6 Å². The highest BCUT2D eigenvalue weighted by molar-refractivity contribution is 7.80. The molecule has 0 saturated carbocycles. The van der Waals surface area contributed by atoms with E-state index in [-0.39, 0.29) is 4.99 Å². The summed E-state index contributed by atoms with van der Waals surface area (Å²) < 4.78 is 18.7. The molecule has 0 radical (unpaired) electrons. The van der Waals surface area contributed by atoms with Crippen LogP contribution in [0, 0.1) is 5.82 Å². The van der Waals surface area contributed by atoms with E-state index >= 15 is 0 Å². The van der Waals surface area contributed by atoms with Crippen LogP contribution in [-0.2, 0) is 0 Å². The molecule has 0 aliphatic heterocycles. The maximum Gasteiger partial charge on any atom is 0.146 e. The van der Waals surface area contributed by atoms with E-state index in [9.17, 15) is 4.39 Å². The van der Waals surface area contributed by atoms with E-state index in [1.54, 1.807) is 24.3 Å². The van der Waals surface area contributed by atoms with Crippen LogP contribution in [-0.4, -0.2) is 4.99 Å². The Morgan fingerprint density at radius 3 is 2.56 bits per heavy atom. The Bertz CT molecular complexity index is 603. The van der Waals surface area contributed by atoms with Crippen molar-refractivity contribution in [3.63, 3.8) is 0 Å². The minimum Gasteiger partial charge on any atom is -0.455 e. The smallest absolute Gasteiger partial charge is 0.146 e. The summed E-state index contributed by atoms with van der Waals surface area (Å²) in [7, 11) is 0. The van der Waals surface area contributed by atoms with Gasteiger partial charge in [-0.2, -0.15) is 0 Å². The molecule has 0 aliphatic carbocycles. The van der Waals surface area contributed by atoms with Gasteiger partial charge in [-0.25, -0.2) is 4.39 Å². The Morgan fingerprint density at radius 1 is 1.17 bits per heavy atom. The highest BCUT2D eigenvalue weighted by atomic mass is 35.5. The molecule has 2 N–H and O–H groups in total. The van der Waals surface area contributed by atoms with E-state index in [1.807, 2.05) is 0 Å². The largest absolute Gasteiger partial charge is 0.455 e. The summed E-state index contributed by atoms with van der Waals surface area (Å²) in [4.78, 5) is 0.0663. The molecular formula is C13H9ClFNOS. The van der Waals surface area contributed by atoms with E-state index in [0.29, 0.717) is 22.1 Å². The third-order valence-electron chi connectivity index (χ3n) is 2.26. The molecule has 0 saturated heterocycles. The Balaban J connectivity index is 2.41. The molecule has 18 heavy (non-hydrogen) atoms. The molecule has 0 bridgehead atoms. The lowest BCUT2D eigenvalue weighted by molar-refractivity contribution is 0.480. The van der Waals surface area contributed by atoms with Crippen molar-refractivity contribution in [3.05, 3.63) is 58.9 Å². The van der Waals surface area contributed by atoms with Gasteiger partial charge in [0.25, 0.3) is 0 Å². The van der Waals surface area contributed by atoms with Crippen LogP contribution < -0.4 is 10.5 Å². The van der Waals surface area contributed by atoms with Crippen molar-refractivity contribution in [2.45, 2.75) is 0 Å². The number of thiocarbonyl (C=S) groups is 1. The number of rotatable bonds is 3. The first-order valence-corrected chi connectivity index (χ1v) is 5.88. The second kappa shape index (κ2) is 5.33. The second-order valence-corrected chi connectivity index (χ2v) is 4.38. The lowest BCUT2D eigenvalue weighted by Gasteiger charge is -2.11. The fourth-order valence-corrected chi connectivity index (χ4v) is 1.76. The van der Waals surface area contributed by atoms with Crippen LogP contribution in [0.15, 0.2) is 42.5 Å². The van der Waals surface area contributed by atoms with Gasteiger partial charge in [-0.1, -0.05) is 36.0 Å². The molecular weight excluding hydrogens is 273 g/mol. The molecule has 0 unspecified atom stereocenters. The standard InChI is InChI=1S/C13H9ClFNOS/c14-10-3-1-2-4-12(10)17-11-6-5-8(15)7-9(11)13(16)18/h1-7H,(H2,16,18). The van der Waals surface area contributed by atoms with Gasteiger partial charge in [-0.15, -0.1) is 0 Å². The molecule has 2 aromatic carbocycles. The summed E-state index contributed by atoms with van der Waals surface area (Å²) in [6.45, 7) is 0. The van der Waals surface area contributed by atoms with E-state index in [4.69, 9.17) is 34.3 Å². The number of hydrogen-bond acceptors (Lipinski definition) is 2. The maximum absolute atomic E-state index is 13.1. The Kier molecular flexibility index (Phi) is 3.79. The van der Waals surface area contributed by atoms with Crippen LogP contribution in [0.3, 0.4) is 0 Å². The van der Waals surface area contributed by atoms with Crippen LogP contribution >= 0.6 is 23.8 Å². The zero-order chi connectivity index (χ0) is 13.1. The fraction of sp³-hybridized carbons (Fsp3) is 0. The minimum absolute atomic E-state index is 0.0663. The number of ether oxygens (including phenoxy) is 1. The lowest BCUT2D eigenvalue weighted by atomic mass is 10.2. The van der Waals surface area contributed by atoms with Gasteiger partial charge < -0.3 is 10.5 Å². The van der Waals surface area contributed by atoms with Gasteiger partial charge in [0.1, 0.15) is 22.3 Å². The van der Waals surface area contributed by atoms with E-state index in [0.717, 1.165) is 0 Å². The predicted octanol–water partition coefficient (Wildman–Crippen LogP) is 3.91. The molecule has 0 fully saturated rings. The van der Waals surface area contributed by atoms with Crippen molar-refractivity contribution in [1.82, 2.24) is 0 Å². The number of para-hydroxylation sites is 1. The van der Waals surface area contributed by atoms with Gasteiger partial charge in [-0.3, -0.25) is 0 Å². The third-order valence-corrected chi connectivity index (χ3v) is 2.80. The average molecular weight is 282 g/mol. The van der Waals surface area contributed by atoms with Crippen LogP contribution in [0.25, 0.3) is 0 Å². The quantitative estimate of drug-likeness (QED) is 0.867. The van der Waals surface area contributed by atoms with Crippen molar-refractivity contribution in [2.24, 2.45) is 5.73 Å². The molecule has 0 amide bonds. The lowest BCUT2D eigenvalue weighted by Crippen LogP contribution is -2.11. The zero-order valence-corrected chi connectivity index (χ0v) is 10.8. The summed E-state index contributed by atoms with van der Waals surface area (Å²) >= 11 is 10.8. The Labute approximate surface area is 114 Å². The number of halogens is 2. The van der Waals surface area contributed by atoms with Gasteiger partial charge in [0.15, 0.2) is 0 Å². The van der Waals surface area contributed by atoms with Crippen LogP contribution in [0.5, 0.6) is 11.5 Å². The maximum atomic E-state index is 13.1. The molecule has 0 aliphatic rings. The van der Waals surface area contributed by atoms with E-state index in [1.165, 1.54) is 18.2 Å². The van der Waals surface area contributed by atoms with Crippen molar-refractivity contribution >= 4 is 28.8 Å². The van der Waals surface area contributed by atoms with Crippen LogP contribution in [0.2, 0.25) is 5.02 Å². The molecule has 5 heteroatoms. The summed E-state index contributed by atoms with van der Waals surface area (Å²) in [5.74, 6) is 0.407. The van der Waals surface area contributed by atoms with Crippen LogP contribution in [0.1, 0.15) is 5.56 Å². The van der Waals surface area contributed by atoms with E-state index < -0.39 is 5.82 Å². The summed E-state index contributed by atoms with van der Waals surface area (Å²) in [6.07, 6.45) is 0. The van der Waals surface area contributed by atoms with Crippen molar-refractivity contribution < 1.29 is 9.13 Å². The van der Waals surface area contributed by atoms with Crippen molar-refractivity contribution in [3.8, 4) is 11.5 Å². The molecule has 0 heterocycles. The second-order valence-electron chi connectivity index (χ2n) is 3.54. The topological polar surface area (TPSA) is 35.2 Å². The first-order chi connectivity index (χ1) is 8.58. The normalized spacial score (nSPS) is 10.1. The molecule has 0 aromatic heterocycles. The predicted molar refractivity (Wildman–Crippen MR) is 73.8 cm³/mol.